The number of amides is 2. The summed E-state index contributed by atoms with van der Waals surface area (Å²) < 4.78 is 5.14. The largest absolute Gasteiger partial charge is 0.385 e. The monoisotopic (exact) mass is 571 g/mol. The molecule has 0 bridgehead atoms. The summed E-state index contributed by atoms with van der Waals surface area (Å²) in [4.78, 5) is 33.4. The molecule has 184 valence electrons. The highest BCUT2D eigenvalue weighted by atomic mass is 127. The summed E-state index contributed by atoms with van der Waals surface area (Å²) in [5.74, 6) is 0.487. The van der Waals surface area contributed by atoms with Crippen molar-refractivity contribution in [2.24, 2.45) is 4.99 Å². The van der Waals surface area contributed by atoms with Crippen LogP contribution in [0, 0.1) is 0 Å². The first-order valence-corrected chi connectivity index (χ1v) is 11.9. The third-order valence-electron chi connectivity index (χ3n) is 6.03. The van der Waals surface area contributed by atoms with Crippen LogP contribution in [0.5, 0.6) is 0 Å². The summed E-state index contributed by atoms with van der Waals surface area (Å²) in [7, 11) is 1.75. The quantitative estimate of drug-likeness (QED) is 0.140. The lowest BCUT2D eigenvalue weighted by Gasteiger charge is -2.33. The van der Waals surface area contributed by atoms with Crippen molar-refractivity contribution in [2.45, 2.75) is 45.1 Å². The zero-order valence-corrected chi connectivity index (χ0v) is 22.2. The lowest BCUT2D eigenvalue weighted by molar-refractivity contribution is 0.0652. The van der Waals surface area contributed by atoms with Gasteiger partial charge in [-0.2, -0.15) is 0 Å². The summed E-state index contributed by atoms with van der Waals surface area (Å²) in [6.07, 6.45) is 4.86. The molecule has 1 aromatic rings. The fourth-order valence-corrected chi connectivity index (χ4v) is 4.26. The van der Waals surface area contributed by atoms with Gasteiger partial charge in [-0.05, 0) is 51.2 Å². The van der Waals surface area contributed by atoms with Gasteiger partial charge in [0.05, 0.1) is 11.1 Å². The first-order valence-electron chi connectivity index (χ1n) is 11.9. The summed E-state index contributed by atoms with van der Waals surface area (Å²) in [5, 5.41) is 6.90. The van der Waals surface area contributed by atoms with Crippen molar-refractivity contribution >= 4 is 41.8 Å². The lowest BCUT2D eigenvalue weighted by Crippen LogP contribution is -2.48. The van der Waals surface area contributed by atoms with Crippen LogP contribution in [-0.4, -0.2) is 86.6 Å². The Morgan fingerprint density at radius 2 is 1.73 bits per heavy atom. The molecule has 8 nitrogen and oxygen atoms in total. The zero-order chi connectivity index (χ0) is 22.8. The average Bonchev–Trinajstić information content (AvgIpc) is 3.05. The number of guanidine groups is 1. The number of fused-ring (bicyclic) bond motifs is 1. The number of imide groups is 1. The van der Waals surface area contributed by atoms with E-state index in [0.717, 1.165) is 70.8 Å². The molecule has 1 fully saturated rings. The molecule has 1 saturated heterocycles. The number of halogens is 1. The Hall–Kier alpha value is -1.72. The van der Waals surface area contributed by atoms with Gasteiger partial charge in [0, 0.05) is 59.0 Å². The molecule has 0 radical (unpaired) electrons. The first kappa shape index (κ1) is 27.5. The van der Waals surface area contributed by atoms with Crippen LogP contribution in [-0.2, 0) is 4.74 Å². The number of benzene rings is 1. The van der Waals surface area contributed by atoms with Crippen molar-refractivity contribution in [3.8, 4) is 0 Å². The predicted octanol–water partition coefficient (Wildman–Crippen LogP) is 2.74. The summed E-state index contributed by atoms with van der Waals surface area (Å²) in [6, 6.07) is 7.46. The summed E-state index contributed by atoms with van der Waals surface area (Å²) in [6.45, 7) is 8.10. The minimum Gasteiger partial charge on any atom is -0.385 e. The molecule has 9 heteroatoms. The summed E-state index contributed by atoms with van der Waals surface area (Å²) >= 11 is 0. The Bertz CT molecular complexity index is 761. The second-order valence-corrected chi connectivity index (χ2v) is 8.38. The molecule has 2 aliphatic rings. The number of hydrogen-bond acceptors (Lipinski definition) is 5. The Kier molecular flexibility index (Phi) is 12.1. The van der Waals surface area contributed by atoms with Gasteiger partial charge in [-0.3, -0.25) is 19.5 Å². The van der Waals surface area contributed by atoms with E-state index in [1.807, 2.05) is 0 Å². The average molecular weight is 572 g/mol. The van der Waals surface area contributed by atoms with Crippen molar-refractivity contribution in [1.29, 1.82) is 0 Å². The molecule has 0 aliphatic carbocycles. The Morgan fingerprint density at radius 3 is 2.33 bits per heavy atom. The Labute approximate surface area is 214 Å². The van der Waals surface area contributed by atoms with Gasteiger partial charge in [0.1, 0.15) is 0 Å². The molecule has 2 amide bonds. The van der Waals surface area contributed by atoms with Crippen LogP contribution in [0.1, 0.15) is 59.7 Å². The molecule has 0 saturated carbocycles. The van der Waals surface area contributed by atoms with Crippen molar-refractivity contribution < 1.29 is 14.3 Å². The van der Waals surface area contributed by atoms with Gasteiger partial charge in [0.2, 0.25) is 0 Å². The molecule has 2 N–H and O–H groups in total. The van der Waals surface area contributed by atoms with E-state index in [1.165, 1.54) is 4.90 Å². The predicted molar refractivity (Wildman–Crippen MR) is 142 cm³/mol. The maximum absolute atomic E-state index is 12.4. The third-order valence-corrected chi connectivity index (χ3v) is 6.03. The number of unbranched alkanes of at least 4 members (excludes halogenated alkanes) is 1. The first-order chi connectivity index (χ1) is 15.6. The molecule has 2 heterocycles. The number of aliphatic imine (C=N–C) groups is 1. The number of piperidine rings is 1. The molecule has 0 unspecified atom stereocenters. The minimum atomic E-state index is -0.183. The van der Waals surface area contributed by atoms with Crippen LogP contribution in [0.2, 0.25) is 0 Å². The van der Waals surface area contributed by atoms with E-state index in [1.54, 1.807) is 31.4 Å². The van der Waals surface area contributed by atoms with Gasteiger partial charge < -0.3 is 20.3 Å². The molecular weight excluding hydrogens is 533 g/mol. The number of nitrogens with zero attached hydrogens (tertiary/aromatic N) is 3. The standard InChI is InChI=1S/C24H37N5O3.HI/c1-3-25-24(27-19-11-16-28(17-12-19)14-8-18-32-2)26-13-6-7-15-29-22(30)20-9-4-5-10-21(20)23(29)31;/h4-5,9-10,19H,3,6-8,11-18H2,1-2H3,(H2,25,26,27);1H. The maximum Gasteiger partial charge on any atom is 0.261 e. The second-order valence-electron chi connectivity index (χ2n) is 8.38. The van der Waals surface area contributed by atoms with E-state index in [-0.39, 0.29) is 35.8 Å². The van der Waals surface area contributed by atoms with Crippen LogP contribution in [0.25, 0.3) is 0 Å². The van der Waals surface area contributed by atoms with Crippen LogP contribution in [0.4, 0.5) is 0 Å². The normalized spacial score (nSPS) is 17.2. The number of rotatable bonds is 11. The fourth-order valence-electron chi connectivity index (χ4n) is 4.26. The molecule has 2 aliphatic heterocycles. The molecule has 3 rings (SSSR count). The lowest BCUT2D eigenvalue weighted by atomic mass is 10.1. The van der Waals surface area contributed by atoms with Gasteiger partial charge in [0.15, 0.2) is 5.96 Å². The van der Waals surface area contributed by atoms with Crippen LogP contribution in [0.15, 0.2) is 29.3 Å². The van der Waals surface area contributed by atoms with Gasteiger partial charge in [0.25, 0.3) is 11.8 Å². The second kappa shape index (κ2) is 14.5. The zero-order valence-electron chi connectivity index (χ0n) is 19.8. The molecular formula is C24H38IN5O3. The van der Waals surface area contributed by atoms with E-state index in [0.29, 0.717) is 30.3 Å². The Morgan fingerprint density at radius 1 is 1.06 bits per heavy atom. The topological polar surface area (TPSA) is 86.3 Å². The number of hydrogen-bond donors (Lipinski definition) is 2. The number of carbonyl (C=O) groups is 2. The molecule has 0 atom stereocenters. The molecule has 1 aromatic carbocycles. The van der Waals surface area contributed by atoms with Crippen LogP contribution < -0.4 is 10.6 Å². The van der Waals surface area contributed by atoms with E-state index < -0.39 is 0 Å². The number of ether oxygens (including phenoxy) is 1. The van der Waals surface area contributed by atoms with Gasteiger partial charge in [-0.25, -0.2) is 0 Å². The van der Waals surface area contributed by atoms with Gasteiger partial charge >= 0.3 is 0 Å². The smallest absolute Gasteiger partial charge is 0.261 e. The number of carbonyl (C=O) groups excluding carboxylic acids is 2. The maximum atomic E-state index is 12.4. The third kappa shape index (κ3) is 7.92. The fraction of sp³-hybridized carbons (Fsp3) is 0.625. The number of likely N-dealkylation sites (tertiary alicyclic amines) is 1. The van der Waals surface area contributed by atoms with Gasteiger partial charge in [-0.1, -0.05) is 12.1 Å². The number of nitrogens with one attached hydrogen (secondary N) is 2. The minimum absolute atomic E-state index is 0. The van der Waals surface area contributed by atoms with E-state index in [2.05, 4.69) is 22.5 Å². The number of methoxy groups -OCH3 is 1. The van der Waals surface area contributed by atoms with Crippen molar-refractivity contribution in [3.63, 3.8) is 0 Å². The SMILES string of the molecule is CCNC(=NCCCCN1C(=O)c2ccccc2C1=O)NC1CCN(CCCOC)CC1.I. The highest BCUT2D eigenvalue weighted by Gasteiger charge is 2.34. The van der Waals surface area contributed by atoms with Crippen LogP contribution in [0.3, 0.4) is 0 Å². The van der Waals surface area contributed by atoms with Crippen molar-refractivity contribution in [1.82, 2.24) is 20.4 Å². The van der Waals surface area contributed by atoms with E-state index >= 15 is 0 Å². The van der Waals surface area contributed by atoms with Crippen molar-refractivity contribution in [3.05, 3.63) is 35.4 Å². The van der Waals surface area contributed by atoms with Crippen molar-refractivity contribution in [2.75, 3.05) is 53.0 Å². The highest BCUT2D eigenvalue weighted by molar-refractivity contribution is 14.0. The van der Waals surface area contributed by atoms with E-state index in [9.17, 15) is 9.59 Å². The molecule has 0 spiro atoms. The Balaban J connectivity index is 0.00000385. The van der Waals surface area contributed by atoms with Crippen LogP contribution >= 0.6 is 24.0 Å². The van der Waals surface area contributed by atoms with E-state index in [4.69, 9.17) is 9.73 Å². The molecule has 33 heavy (non-hydrogen) atoms. The summed E-state index contributed by atoms with van der Waals surface area (Å²) in [5.41, 5.74) is 1.03. The molecule has 0 aromatic heterocycles. The van der Waals surface area contributed by atoms with Gasteiger partial charge in [-0.15, -0.1) is 24.0 Å². The highest BCUT2D eigenvalue weighted by Crippen LogP contribution is 2.22.